The highest BCUT2D eigenvalue weighted by atomic mass is 19.4. The third-order valence-electron chi connectivity index (χ3n) is 4.94. The summed E-state index contributed by atoms with van der Waals surface area (Å²) in [6.07, 6.45) is -2.45. The molecule has 34 heavy (non-hydrogen) atoms. The zero-order valence-corrected chi connectivity index (χ0v) is 18.4. The number of carbonyl (C=O) groups is 2. The molecule has 0 saturated heterocycles. The van der Waals surface area contributed by atoms with E-state index in [2.05, 4.69) is 15.4 Å². The van der Waals surface area contributed by atoms with Crippen molar-refractivity contribution in [2.24, 2.45) is 0 Å². The molecule has 0 bridgehead atoms. The summed E-state index contributed by atoms with van der Waals surface area (Å²) in [6.45, 7) is 3.38. The average molecular weight is 476 g/mol. The number of hydrogen-bond donors (Lipinski definition) is 2. The Labute approximate surface area is 193 Å². The van der Waals surface area contributed by atoms with Crippen LogP contribution in [0.3, 0.4) is 0 Å². The third kappa shape index (κ3) is 6.12. The highest BCUT2D eigenvalue weighted by molar-refractivity contribution is 5.96. The number of halogens is 3. The first-order chi connectivity index (χ1) is 16.1. The minimum Gasteiger partial charge on any atom is -0.486 e. The number of benzene rings is 2. The van der Waals surface area contributed by atoms with Gasteiger partial charge in [0.2, 0.25) is 0 Å². The van der Waals surface area contributed by atoms with Crippen LogP contribution < -0.4 is 10.1 Å². The Hall–Kier alpha value is -3.89. The monoisotopic (exact) mass is 476 g/mol. The van der Waals surface area contributed by atoms with Gasteiger partial charge in [0.15, 0.2) is 0 Å². The molecule has 2 aromatic carbocycles. The Morgan fingerprint density at radius 3 is 2.29 bits per heavy atom. The number of nitrogens with one attached hydrogen (secondary N) is 1. The van der Waals surface area contributed by atoms with E-state index in [1.54, 1.807) is 48.5 Å². The van der Waals surface area contributed by atoms with E-state index in [0.717, 1.165) is 23.0 Å². The number of aromatic nitrogens is 3. The second-order valence-electron chi connectivity index (χ2n) is 7.55. The first-order valence-electron chi connectivity index (χ1n) is 10.5. The predicted octanol–water partition coefficient (Wildman–Crippen LogP) is 4.41. The zero-order chi connectivity index (χ0) is 24.9. The Morgan fingerprint density at radius 2 is 1.76 bits per heavy atom. The molecule has 2 unspecified atom stereocenters. The standard InChI is InChI=1S/C23H23F3N4O4/c1-3-4-19(15-5-7-16(8-6-15)20(31)28-14(2)21(32)33)34-18-11-9-17(10-12-18)30-13-27-22(29-30)23(24,25)26/h5-14,19H,3-4H2,1-2H3,(H,28,31)(H,32,33). The van der Waals surface area contributed by atoms with Crippen molar-refractivity contribution < 1.29 is 32.6 Å². The Morgan fingerprint density at radius 1 is 1.12 bits per heavy atom. The Bertz CT molecular complexity index is 1130. The van der Waals surface area contributed by atoms with Crippen molar-refractivity contribution in [3.8, 4) is 11.4 Å². The number of carboxylic acid groups (broad SMARTS) is 1. The van der Waals surface area contributed by atoms with Crippen molar-refractivity contribution in [1.82, 2.24) is 20.1 Å². The Balaban J connectivity index is 1.70. The molecule has 8 nitrogen and oxygen atoms in total. The summed E-state index contributed by atoms with van der Waals surface area (Å²) >= 11 is 0. The van der Waals surface area contributed by atoms with E-state index in [1.165, 1.54) is 6.92 Å². The van der Waals surface area contributed by atoms with Crippen molar-refractivity contribution in [2.45, 2.75) is 45.0 Å². The van der Waals surface area contributed by atoms with E-state index in [-0.39, 0.29) is 6.10 Å². The summed E-state index contributed by atoms with van der Waals surface area (Å²) in [6, 6.07) is 12.1. The van der Waals surface area contributed by atoms with Gasteiger partial charge in [0.25, 0.3) is 11.7 Å². The molecule has 1 aromatic heterocycles. The molecule has 1 heterocycles. The topological polar surface area (TPSA) is 106 Å². The maximum absolute atomic E-state index is 12.7. The van der Waals surface area contributed by atoms with Gasteiger partial charge in [-0.1, -0.05) is 25.5 Å². The van der Waals surface area contributed by atoms with Crippen molar-refractivity contribution in [3.63, 3.8) is 0 Å². The van der Waals surface area contributed by atoms with Crippen LogP contribution in [-0.2, 0) is 11.0 Å². The fourth-order valence-electron chi connectivity index (χ4n) is 3.11. The molecule has 2 N–H and O–H groups in total. The number of carbonyl (C=O) groups excluding carboxylic acids is 1. The normalized spacial score (nSPS) is 13.2. The molecule has 0 aliphatic carbocycles. The number of amides is 1. The number of ether oxygens (including phenoxy) is 1. The van der Waals surface area contributed by atoms with Crippen LogP contribution in [-0.4, -0.2) is 37.8 Å². The lowest BCUT2D eigenvalue weighted by molar-refractivity contribution is -0.145. The van der Waals surface area contributed by atoms with Crippen LogP contribution in [0, 0.1) is 0 Å². The summed E-state index contributed by atoms with van der Waals surface area (Å²) in [4.78, 5) is 26.4. The quantitative estimate of drug-likeness (QED) is 0.474. The van der Waals surface area contributed by atoms with E-state index in [1.807, 2.05) is 6.92 Å². The van der Waals surface area contributed by atoms with Gasteiger partial charge in [0.05, 0.1) is 5.69 Å². The van der Waals surface area contributed by atoms with Crippen LogP contribution in [0.2, 0.25) is 0 Å². The van der Waals surface area contributed by atoms with Crippen LogP contribution in [0.15, 0.2) is 54.9 Å². The molecule has 1 amide bonds. The molecule has 0 fully saturated rings. The fraction of sp³-hybridized carbons (Fsp3) is 0.304. The van der Waals surface area contributed by atoms with Crippen LogP contribution in [0.4, 0.5) is 13.2 Å². The summed E-state index contributed by atoms with van der Waals surface area (Å²) in [5, 5.41) is 14.8. The second kappa shape index (κ2) is 10.4. The molecule has 0 radical (unpaired) electrons. The van der Waals surface area contributed by atoms with Crippen LogP contribution in [0.5, 0.6) is 5.75 Å². The number of carboxylic acids is 1. The van der Waals surface area contributed by atoms with E-state index >= 15 is 0 Å². The lowest BCUT2D eigenvalue weighted by Gasteiger charge is -2.20. The summed E-state index contributed by atoms with van der Waals surface area (Å²) < 4.78 is 45.2. The van der Waals surface area contributed by atoms with Gasteiger partial charge in [-0.05, 0) is 55.3 Å². The molecule has 2 atom stereocenters. The van der Waals surface area contributed by atoms with Gasteiger partial charge >= 0.3 is 12.1 Å². The first kappa shape index (κ1) is 24.7. The zero-order valence-electron chi connectivity index (χ0n) is 18.4. The second-order valence-corrected chi connectivity index (χ2v) is 7.55. The number of rotatable bonds is 9. The third-order valence-corrected chi connectivity index (χ3v) is 4.94. The number of aliphatic carboxylic acids is 1. The summed E-state index contributed by atoms with van der Waals surface area (Å²) in [7, 11) is 0. The number of hydrogen-bond acceptors (Lipinski definition) is 5. The first-order valence-corrected chi connectivity index (χ1v) is 10.5. The fourth-order valence-corrected chi connectivity index (χ4v) is 3.11. The molecule has 0 spiro atoms. The molecule has 3 rings (SSSR count). The van der Waals surface area contributed by atoms with Gasteiger partial charge in [-0.15, -0.1) is 5.10 Å². The molecule has 11 heteroatoms. The van der Waals surface area contributed by atoms with Gasteiger partial charge in [0.1, 0.15) is 24.2 Å². The molecular formula is C23H23F3N4O4. The van der Waals surface area contributed by atoms with Gasteiger partial charge in [0, 0.05) is 5.56 Å². The SMILES string of the molecule is CCCC(Oc1ccc(-n2cnc(C(F)(F)F)n2)cc1)c1ccc(C(=O)NC(C)C(=O)O)cc1. The lowest BCUT2D eigenvalue weighted by atomic mass is 10.0. The van der Waals surface area contributed by atoms with E-state index in [4.69, 9.17) is 9.84 Å². The minimum atomic E-state index is -4.62. The van der Waals surface area contributed by atoms with Crippen LogP contribution in [0.1, 0.15) is 54.5 Å². The largest absolute Gasteiger partial charge is 0.486 e. The van der Waals surface area contributed by atoms with E-state index in [0.29, 0.717) is 23.4 Å². The van der Waals surface area contributed by atoms with Gasteiger partial charge in [-0.25, -0.2) is 9.67 Å². The molecule has 3 aromatic rings. The van der Waals surface area contributed by atoms with Gasteiger partial charge < -0.3 is 15.2 Å². The maximum Gasteiger partial charge on any atom is 0.453 e. The molecule has 0 aliphatic heterocycles. The van der Waals surface area contributed by atoms with Crippen molar-refractivity contribution >= 4 is 11.9 Å². The summed E-state index contributed by atoms with van der Waals surface area (Å²) in [5.74, 6) is -2.33. The maximum atomic E-state index is 12.7. The van der Waals surface area contributed by atoms with Crippen molar-refractivity contribution in [3.05, 3.63) is 71.8 Å². The summed E-state index contributed by atoms with van der Waals surface area (Å²) in [5.41, 5.74) is 1.54. The minimum absolute atomic E-state index is 0.322. The van der Waals surface area contributed by atoms with E-state index < -0.39 is 29.9 Å². The molecule has 0 saturated carbocycles. The van der Waals surface area contributed by atoms with Crippen LogP contribution >= 0.6 is 0 Å². The number of nitrogens with zero attached hydrogens (tertiary/aromatic N) is 3. The highest BCUT2D eigenvalue weighted by Crippen LogP contribution is 2.28. The van der Waals surface area contributed by atoms with Gasteiger partial charge in [-0.2, -0.15) is 13.2 Å². The molecular weight excluding hydrogens is 453 g/mol. The Kier molecular flexibility index (Phi) is 7.54. The lowest BCUT2D eigenvalue weighted by Crippen LogP contribution is -2.38. The van der Waals surface area contributed by atoms with Gasteiger partial charge in [-0.3, -0.25) is 9.59 Å². The van der Waals surface area contributed by atoms with E-state index in [9.17, 15) is 22.8 Å². The highest BCUT2D eigenvalue weighted by Gasteiger charge is 2.35. The van der Waals surface area contributed by atoms with Crippen molar-refractivity contribution in [2.75, 3.05) is 0 Å². The molecule has 0 aliphatic rings. The van der Waals surface area contributed by atoms with Crippen molar-refractivity contribution in [1.29, 1.82) is 0 Å². The predicted molar refractivity (Wildman–Crippen MR) is 116 cm³/mol. The number of alkyl halides is 3. The molecule has 180 valence electrons. The average Bonchev–Trinajstić information content (AvgIpc) is 3.30. The smallest absolute Gasteiger partial charge is 0.453 e. The van der Waals surface area contributed by atoms with Crippen LogP contribution in [0.25, 0.3) is 5.69 Å².